The van der Waals surface area contributed by atoms with E-state index in [-0.39, 0.29) is 42.2 Å². The third-order valence-electron chi connectivity index (χ3n) is 7.68. The van der Waals surface area contributed by atoms with Gasteiger partial charge in [0.1, 0.15) is 6.10 Å². The van der Waals surface area contributed by atoms with Crippen molar-refractivity contribution in [1.29, 1.82) is 0 Å². The van der Waals surface area contributed by atoms with Gasteiger partial charge in [0.25, 0.3) is 0 Å². The molecule has 0 saturated heterocycles. The number of allylic oxidation sites excluding steroid dienone is 3. The maximum absolute atomic E-state index is 12.1. The highest BCUT2D eigenvalue weighted by atomic mass is 16.6. The van der Waals surface area contributed by atoms with Crippen molar-refractivity contribution in [3.05, 3.63) is 36.5 Å². The summed E-state index contributed by atoms with van der Waals surface area (Å²) in [5.74, 6) is -1.02. The summed E-state index contributed by atoms with van der Waals surface area (Å²) < 4.78 is 10.7. The highest BCUT2D eigenvalue weighted by Crippen LogP contribution is 2.29. The number of amides is 2. The van der Waals surface area contributed by atoms with Crippen LogP contribution in [0, 0.1) is 29.6 Å². The Hall–Kier alpha value is -2.32. The molecule has 218 valence electrons. The summed E-state index contributed by atoms with van der Waals surface area (Å²) in [4.78, 5) is 23.6. The summed E-state index contributed by atoms with van der Waals surface area (Å²) in [5, 5.41) is 24.8. The lowest BCUT2D eigenvalue weighted by atomic mass is 9.81. The first-order valence-electron chi connectivity index (χ1n) is 14.1. The van der Waals surface area contributed by atoms with Crippen LogP contribution in [0.4, 0.5) is 9.59 Å². The Morgan fingerprint density at radius 3 is 2.24 bits per heavy atom. The Morgan fingerprint density at radius 2 is 1.66 bits per heavy atom. The normalized spacial score (nSPS) is 21.4. The van der Waals surface area contributed by atoms with Gasteiger partial charge in [0.05, 0.1) is 18.8 Å². The smallest absolute Gasteiger partial charge is 0.407 e. The van der Waals surface area contributed by atoms with E-state index in [4.69, 9.17) is 15.2 Å². The van der Waals surface area contributed by atoms with Gasteiger partial charge in [-0.05, 0) is 32.1 Å². The molecule has 8 atom stereocenters. The van der Waals surface area contributed by atoms with E-state index in [0.29, 0.717) is 6.42 Å². The predicted octanol–water partition coefficient (Wildman–Crippen LogP) is 5.49. The lowest BCUT2D eigenvalue weighted by Gasteiger charge is -2.33. The number of aliphatic hydroxyl groups is 2. The van der Waals surface area contributed by atoms with E-state index in [2.05, 4.69) is 11.9 Å². The summed E-state index contributed by atoms with van der Waals surface area (Å²) in [7, 11) is 0. The number of carbonyl (C=O) groups is 2. The highest BCUT2D eigenvalue weighted by Gasteiger charge is 2.33. The summed E-state index contributed by atoms with van der Waals surface area (Å²) in [6.45, 7) is 15.3. The number of rotatable bonds is 15. The van der Waals surface area contributed by atoms with Crippen LogP contribution in [0.1, 0.15) is 80.1 Å². The molecule has 0 aliphatic heterocycles. The van der Waals surface area contributed by atoms with Crippen molar-refractivity contribution in [1.82, 2.24) is 5.32 Å². The molecule has 0 bridgehead atoms. The van der Waals surface area contributed by atoms with E-state index >= 15 is 0 Å². The number of nitrogens with one attached hydrogen (secondary N) is 1. The van der Waals surface area contributed by atoms with Crippen molar-refractivity contribution in [2.24, 2.45) is 35.3 Å². The number of alkyl carbamates (subject to hydrolysis) is 1. The zero-order valence-corrected chi connectivity index (χ0v) is 24.3. The SMILES string of the molecule is C=CC=CC(C)C(OC(N)=O)C(C)C(O)C(C)CC(C)=CC(C)C(O)C(C)COC(=O)NC1CCCCC1. The van der Waals surface area contributed by atoms with Gasteiger partial charge in [-0.15, -0.1) is 0 Å². The first-order chi connectivity index (χ1) is 17.9. The molecule has 1 saturated carbocycles. The van der Waals surface area contributed by atoms with Gasteiger partial charge in [-0.3, -0.25) is 0 Å². The lowest BCUT2D eigenvalue weighted by molar-refractivity contribution is -0.0266. The molecule has 1 aliphatic rings. The zero-order chi connectivity index (χ0) is 28.8. The van der Waals surface area contributed by atoms with Crippen LogP contribution >= 0.6 is 0 Å². The second-order valence-corrected chi connectivity index (χ2v) is 11.3. The van der Waals surface area contributed by atoms with Gasteiger partial charge in [-0.2, -0.15) is 0 Å². The Kier molecular flexibility index (Phi) is 15.3. The standard InChI is InChI=1S/C30H52N2O6/c1-8-9-13-20(3)28(38-29(31)35)24(7)27(34)22(5)17-19(2)16-21(4)26(33)23(6)18-37-30(36)32-25-14-11-10-12-15-25/h8-9,13,16,20-28,33-34H,1,10-12,14-15,17-18H2,2-7H3,(H2,31,35)(H,32,36). The van der Waals surface area contributed by atoms with Crippen LogP contribution < -0.4 is 11.1 Å². The number of carbonyl (C=O) groups excluding carboxylic acids is 2. The first-order valence-corrected chi connectivity index (χ1v) is 14.1. The molecule has 2 amide bonds. The summed E-state index contributed by atoms with van der Waals surface area (Å²) in [6.07, 6.45) is 10.1. The average Bonchev–Trinajstić information content (AvgIpc) is 2.87. The number of aliphatic hydroxyl groups excluding tert-OH is 2. The van der Waals surface area contributed by atoms with Crippen molar-refractivity contribution in [3.63, 3.8) is 0 Å². The van der Waals surface area contributed by atoms with E-state index < -0.39 is 30.5 Å². The zero-order valence-electron chi connectivity index (χ0n) is 24.3. The minimum atomic E-state index is -0.871. The summed E-state index contributed by atoms with van der Waals surface area (Å²) >= 11 is 0. The molecule has 0 aromatic carbocycles. The Bertz CT molecular complexity index is 792. The van der Waals surface area contributed by atoms with Crippen molar-refractivity contribution in [2.75, 3.05) is 6.61 Å². The number of ether oxygens (including phenoxy) is 2. The molecule has 8 nitrogen and oxygen atoms in total. The van der Waals surface area contributed by atoms with Gasteiger partial charge < -0.3 is 30.7 Å². The van der Waals surface area contributed by atoms with E-state index in [0.717, 1.165) is 31.3 Å². The molecule has 0 spiro atoms. The minimum Gasteiger partial charge on any atom is -0.449 e. The maximum Gasteiger partial charge on any atom is 0.407 e. The molecular formula is C30H52N2O6. The fraction of sp³-hybridized carbons (Fsp3) is 0.733. The monoisotopic (exact) mass is 536 g/mol. The van der Waals surface area contributed by atoms with E-state index in [1.807, 2.05) is 53.7 Å². The molecule has 1 rings (SSSR count). The fourth-order valence-electron chi connectivity index (χ4n) is 5.43. The molecule has 5 N–H and O–H groups in total. The molecule has 0 radical (unpaired) electrons. The van der Waals surface area contributed by atoms with Crippen LogP contribution in [0.5, 0.6) is 0 Å². The van der Waals surface area contributed by atoms with Crippen molar-refractivity contribution in [2.45, 2.75) is 104 Å². The molecule has 1 fully saturated rings. The Labute approximate surface area is 229 Å². The van der Waals surface area contributed by atoms with Crippen LogP contribution in [0.25, 0.3) is 0 Å². The molecular weight excluding hydrogens is 484 g/mol. The number of nitrogens with two attached hydrogens (primary N) is 1. The van der Waals surface area contributed by atoms with Crippen molar-refractivity contribution >= 4 is 12.2 Å². The van der Waals surface area contributed by atoms with Gasteiger partial charge in [-0.25, -0.2) is 9.59 Å². The molecule has 38 heavy (non-hydrogen) atoms. The summed E-state index contributed by atoms with van der Waals surface area (Å²) in [6, 6.07) is 0.186. The number of hydrogen-bond acceptors (Lipinski definition) is 6. The second-order valence-electron chi connectivity index (χ2n) is 11.3. The topological polar surface area (TPSA) is 131 Å². The molecule has 8 heteroatoms. The van der Waals surface area contributed by atoms with E-state index in [1.54, 1.807) is 12.2 Å². The summed E-state index contributed by atoms with van der Waals surface area (Å²) in [5.41, 5.74) is 6.32. The molecule has 0 aromatic heterocycles. The maximum atomic E-state index is 12.1. The molecule has 0 aromatic rings. The molecule has 8 unspecified atom stereocenters. The largest absolute Gasteiger partial charge is 0.449 e. The van der Waals surface area contributed by atoms with Crippen LogP contribution in [0.3, 0.4) is 0 Å². The van der Waals surface area contributed by atoms with Gasteiger partial charge >= 0.3 is 12.2 Å². The van der Waals surface area contributed by atoms with Gasteiger partial charge in [0.2, 0.25) is 0 Å². The van der Waals surface area contributed by atoms with Gasteiger partial charge in [-0.1, -0.05) is 90.3 Å². The van der Waals surface area contributed by atoms with Crippen LogP contribution in [-0.2, 0) is 9.47 Å². The Morgan fingerprint density at radius 1 is 1.03 bits per heavy atom. The molecule has 0 heterocycles. The van der Waals surface area contributed by atoms with Crippen molar-refractivity contribution < 1.29 is 29.3 Å². The van der Waals surface area contributed by atoms with Gasteiger partial charge in [0.15, 0.2) is 0 Å². The molecule has 1 aliphatic carbocycles. The van der Waals surface area contributed by atoms with Crippen LogP contribution in [-0.4, -0.2) is 53.4 Å². The van der Waals surface area contributed by atoms with Crippen LogP contribution in [0.2, 0.25) is 0 Å². The quantitative estimate of drug-likeness (QED) is 0.162. The number of hydrogen-bond donors (Lipinski definition) is 4. The van der Waals surface area contributed by atoms with E-state index in [1.165, 1.54) is 6.42 Å². The minimum absolute atomic E-state index is 0.121. The average molecular weight is 537 g/mol. The Balaban J connectivity index is 2.64. The van der Waals surface area contributed by atoms with Gasteiger partial charge in [0, 0.05) is 29.7 Å². The first kappa shape index (κ1) is 33.7. The fourth-order valence-corrected chi connectivity index (χ4v) is 5.43. The lowest BCUT2D eigenvalue weighted by Crippen LogP contribution is -2.41. The number of primary amides is 1. The van der Waals surface area contributed by atoms with Crippen molar-refractivity contribution in [3.8, 4) is 0 Å². The highest BCUT2D eigenvalue weighted by molar-refractivity contribution is 5.67. The second kappa shape index (κ2) is 17.3. The third kappa shape index (κ3) is 12.0. The van der Waals surface area contributed by atoms with E-state index in [9.17, 15) is 19.8 Å². The third-order valence-corrected chi connectivity index (χ3v) is 7.68. The predicted molar refractivity (Wildman–Crippen MR) is 151 cm³/mol. The van der Waals surface area contributed by atoms with Crippen LogP contribution in [0.15, 0.2) is 36.5 Å².